The fraction of sp³-hybridized carbons (Fsp3) is 0.375. The second-order valence-corrected chi connectivity index (χ2v) is 5.57. The van der Waals surface area contributed by atoms with Gasteiger partial charge in [0.15, 0.2) is 5.92 Å². The quantitative estimate of drug-likeness (QED) is 0.617. The van der Waals surface area contributed by atoms with Crippen LogP contribution in [0.15, 0.2) is 12.1 Å². The molecule has 2 saturated heterocycles. The molecule has 0 spiro atoms. The summed E-state index contributed by atoms with van der Waals surface area (Å²) in [6.07, 6.45) is 0.806. The Labute approximate surface area is 133 Å². The van der Waals surface area contributed by atoms with Gasteiger partial charge in [-0.3, -0.25) is 19.6 Å². The van der Waals surface area contributed by atoms with Crippen LogP contribution in [0.1, 0.15) is 30.4 Å². The lowest BCUT2D eigenvalue weighted by molar-refractivity contribution is -0.141. The zero-order valence-electron chi connectivity index (χ0n) is 12.4. The number of methoxy groups -OCH3 is 1. The fourth-order valence-electron chi connectivity index (χ4n) is 2.98. The molecule has 0 aliphatic carbocycles. The Morgan fingerprint density at radius 1 is 1.23 bits per heavy atom. The van der Waals surface area contributed by atoms with E-state index in [1.165, 1.54) is 17.1 Å². The zero-order valence-corrected chi connectivity index (χ0v) is 13.1. The normalized spacial score (nSPS) is 17.6. The van der Waals surface area contributed by atoms with E-state index in [1.54, 1.807) is 19.1 Å². The highest BCUT2D eigenvalue weighted by atomic mass is 35.5. The summed E-state index contributed by atoms with van der Waals surface area (Å²) >= 11 is 6.33. The molecule has 0 N–H and O–H groups in total. The topological polar surface area (TPSA) is 49.9 Å². The maximum atomic E-state index is 12.6. The van der Waals surface area contributed by atoms with Crippen molar-refractivity contribution in [2.75, 3.05) is 20.2 Å². The molecule has 0 bridgehead atoms. The van der Waals surface area contributed by atoms with Crippen LogP contribution < -0.4 is 4.74 Å². The number of carbonyl (C=O) groups excluding carboxylic acids is 2. The largest absolute Gasteiger partial charge is 0.496 e. The number of hydrogen-bond donors (Lipinski definition) is 0. The Balaban J connectivity index is 2.09. The Morgan fingerprint density at radius 3 is 2.41 bits per heavy atom. The van der Waals surface area contributed by atoms with Crippen LogP contribution in [0.25, 0.3) is 0 Å². The highest BCUT2D eigenvalue weighted by Gasteiger charge is 2.49. The van der Waals surface area contributed by atoms with E-state index in [0.717, 1.165) is 6.42 Å². The van der Waals surface area contributed by atoms with Gasteiger partial charge in [-0.1, -0.05) is 17.5 Å². The number of fused-ring (bicyclic) bond motifs is 1. The highest BCUT2D eigenvalue weighted by molar-refractivity contribution is 6.32. The Morgan fingerprint density at radius 2 is 1.86 bits per heavy atom. The van der Waals surface area contributed by atoms with Crippen molar-refractivity contribution in [2.45, 2.75) is 19.3 Å². The molecule has 0 saturated carbocycles. The maximum absolute atomic E-state index is 12.6. The molecule has 1 aromatic rings. The number of rotatable bonds is 2. The van der Waals surface area contributed by atoms with Crippen molar-refractivity contribution in [1.29, 1.82) is 0 Å². The summed E-state index contributed by atoms with van der Waals surface area (Å²) in [5.41, 5.74) is 1.11. The highest BCUT2D eigenvalue weighted by Crippen LogP contribution is 2.41. The van der Waals surface area contributed by atoms with Crippen molar-refractivity contribution >= 4 is 23.4 Å². The zero-order chi connectivity index (χ0) is 15.9. The number of amides is 2. The summed E-state index contributed by atoms with van der Waals surface area (Å²) < 4.78 is 5.35. The van der Waals surface area contributed by atoms with Crippen LogP contribution in [0.2, 0.25) is 5.02 Å². The van der Waals surface area contributed by atoms with Crippen LogP contribution >= 0.6 is 11.6 Å². The lowest BCUT2D eigenvalue weighted by Gasteiger charge is -2.16. The van der Waals surface area contributed by atoms with Gasteiger partial charge in [-0.05, 0) is 25.5 Å². The second-order valence-electron chi connectivity index (χ2n) is 5.16. The molecule has 1 aromatic carbocycles. The van der Waals surface area contributed by atoms with E-state index in [0.29, 0.717) is 35.0 Å². The lowest BCUT2D eigenvalue weighted by atomic mass is 9.95. The van der Waals surface area contributed by atoms with E-state index in [4.69, 9.17) is 16.3 Å². The number of hydrazine groups is 1. The molecule has 0 aromatic heterocycles. The van der Waals surface area contributed by atoms with Crippen molar-refractivity contribution in [3.8, 4) is 17.6 Å². The van der Waals surface area contributed by atoms with E-state index in [2.05, 4.69) is 11.8 Å². The molecule has 2 amide bonds. The number of halogens is 1. The first kappa shape index (κ1) is 14.7. The first-order chi connectivity index (χ1) is 10.6. The molecule has 2 aliphatic heterocycles. The van der Waals surface area contributed by atoms with Crippen LogP contribution in [0.5, 0.6) is 5.75 Å². The van der Waals surface area contributed by atoms with E-state index in [9.17, 15) is 9.59 Å². The Bertz CT molecular complexity index is 698. The van der Waals surface area contributed by atoms with E-state index < -0.39 is 5.92 Å². The number of benzene rings is 1. The molecule has 0 radical (unpaired) electrons. The maximum Gasteiger partial charge on any atom is 0.258 e. The van der Waals surface area contributed by atoms with Crippen molar-refractivity contribution in [1.82, 2.24) is 10.0 Å². The first-order valence-corrected chi connectivity index (χ1v) is 7.39. The van der Waals surface area contributed by atoms with Crippen LogP contribution in [-0.2, 0) is 9.59 Å². The van der Waals surface area contributed by atoms with Gasteiger partial charge in [-0.25, -0.2) is 0 Å². The van der Waals surface area contributed by atoms with E-state index >= 15 is 0 Å². The standard InChI is InChI=1S/C16H15ClN2O3/c1-3-5-10-8-11(17)13(12(9-10)22-2)14-15(20)18-6-4-7-19(18)16(14)21/h8-9,14H,4,6-7H2,1-2H3. The number of hydrogen-bond acceptors (Lipinski definition) is 3. The molecule has 0 atom stereocenters. The van der Waals surface area contributed by atoms with Gasteiger partial charge in [-0.2, -0.15) is 0 Å². The molecule has 6 heteroatoms. The van der Waals surface area contributed by atoms with Crippen LogP contribution in [0.4, 0.5) is 0 Å². The molecular weight excluding hydrogens is 304 g/mol. The first-order valence-electron chi connectivity index (χ1n) is 7.01. The van der Waals surface area contributed by atoms with Crippen LogP contribution in [-0.4, -0.2) is 42.0 Å². The van der Waals surface area contributed by atoms with Crippen LogP contribution in [0, 0.1) is 11.8 Å². The average molecular weight is 319 g/mol. The third-order valence-corrected chi connectivity index (χ3v) is 4.22. The number of carbonyl (C=O) groups is 2. The third kappa shape index (κ3) is 2.11. The van der Waals surface area contributed by atoms with Gasteiger partial charge in [-0.15, -0.1) is 5.92 Å². The molecule has 5 nitrogen and oxygen atoms in total. The minimum atomic E-state index is -0.925. The summed E-state index contributed by atoms with van der Waals surface area (Å²) in [5.74, 6) is 4.70. The number of nitrogens with zero attached hydrogens (tertiary/aromatic N) is 2. The molecule has 22 heavy (non-hydrogen) atoms. The SMILES string of the molecule is CC#Cc1cc(Cl)c(C2C(=O)N3CCCN3C2=O)c(OC)c1. The molecule has 0 unspecified atom stereocenters. The second kappa shape index (κ2) is 5.54. The van der Waals surface area contributed by atoms with Gasteiger partial charge >= 0.3 is 0 Å². The third-order valence-electron chi connectivity index (χ3n) is 3.90. The van der Waals surface area contributed by atoms with E-state index in [-0.39, 0.29) is 11.8 Å². The summed E-state index contributed by atoms with van der Waals surface area (Å²) in [4.78, 5) is 25.1. The predicted octanol–water partition coefficient (Wildman–Crippen LogP) is 1.79. The lowest BCUT2D eigenvalue weighted by Crippen LogP contribution is -2.33. The van der Waals surface area contributed by atoms with Crippen molar-refractivity contribution < 1.29 is 14.3 Å². The van der Waals surface area contributed by atoms with E-state index in [1.807, 2.05) is 0 Å². The van der Waals surface area contributed by atoms with Gasteiger partial charge in [0, 0.05) is 24.2 Å². The van der Waals surface area contributed by atoms with Gasteiger partial charge < -0.3 is 4.74 Å². The number of ether oxygens (including phenoxy) is 1. The molecular formula is C16H15ClN2O3. The van der Waals surface area contributed by atoms with Crippen molar-refractivity contribution in [2.24, 2.45) is 0 Å². The predicted molar refractivity (Wildman–Crippen MR) is 81.3 cm³/mol. The summed E-state index contributed by atoms with van der Waals surface area (Å²) in [7, 11) is 1.49. The fourth-order valence-corrected chi connectivity index (χ4v) is 3.30. The Kier molecular flexibility index (Phi) is 3.71. The summed E-state index contributed by atoms with van der Waals surface area (Å²) in [6, 6.07) is 3.37. The van der Waals surface area contributed by atoms with Gasteiger partial charge in [0.2, 0.25) is 0 Å². The van der Waals surface area contributed by atoms with Crippen molar-refractivity contribution in [3.63, 3.8) is 0 Å². The smallest absolute Gasteiger partial charge is 0.258 e. The Hall–Kier alpha value is -2.19. The van der Waals surface area contributed by atoms with Crippen molar-refractivity contribution in [3.05, 3.63) is 28.3 Å². The average Bonchev–Trinajstić information content (AvgIpc) is 3.05. The molecule has 2 fully saturated rings. The van der Waals surface area contributed by atoms with Crippen LogP contribution in [0.3, 0.4) is 0 Å². The van der Waals surface area contributed by atoms with Gasteiger partial charge in [0.25, 0.3) is 11.8 Å². The monoisotopic (exact) mass is 318 g/mol. The summed E-state index contributed by atoms with van der Waals surface area (Å²) in [6.45, 7) is 2.86. The molecule has 3 rings (SSSR count). The van der Waals surface area contributed by atoms with Gasteiger partial charge in [0.1, 0.15) is 5.75 Å². The minimum absolute atomic E-state index is 0.239. The minimum Gasteiger partial charge on any atom is -0.496 e. The molecule has 2 aliphatic rings. The summed E-state index contributed by atoms with van der Waals surface area (Å²) in [5, 5.41) is 3.33. The van der Waals surface area contributed by atoms with Gasteiger partial charge in [0.05, 0.1) is 12.1 Å². The molecule has 2 heterocycles. The molecule has 114 valence electrons.